The van der Waals surface area contributed by atoms with Crippen LogP contribution in [0, 0.1) is 10.1 Å². The molecule has 3 N–H and O–H groups in total. The molecule has 2 aromatic rings. The van der Waals surface area contributed by atoms with Gasteiger partial charge < -0.3 is 11.1 Å². The zero-order valence-corrected chi connectivity index (χ0v) is 11.9. The standard InChI is InChI=1S/C16H13N3O4/c17-16(21)13-6-1-2-7-14(13)18-15(20)9-8-11-4-3-5-12(10-11)19(22)23/h1-10H,(H2,17,21)(H,18,20). The lowest BCUT2D eigenvalue weighted by atomic mass is 10.1. The number of nitrogens with zero attached hydrogens (tertiary/aromatic N) is 1. The Hall–Kier alpha value is -3.48. The minimum atomic E-state index is -0.649. The Kier molecular flexibility index (Phi) is 4.83. The first-order valence-electron chi connectivity index (χ1n) is 6.60. The Morgan fingerprint density at radius 3 is 2.57 bits per heavy atom. The van der Waals surface area contributed by atoms with Crippen molar-refractivity contribution in [3.8, 4) is 0 Å². The van der Waals surface area contributed by atoms with Gasteiger partial charge in [-0.25, -0.2) is 0 Å². The number of non-ortho nitro benzene ring substituents is 1. The molecule has 23 heavy (non-hydrogen) atoms. The van der Waals surface area contributed by atoms with Crippen molar-refractivity contribution in [3.63, 3.8) is 0 Å². The third kappa shape index (κ3) is 4.24. The highest BCUT2D eigenvalue weighted by Gasteiger charge is 2.09. The number of nitrogens with one attached hydrogen (secondary N) is 1. The van der Waals surface area contributed by atoms with Crippen LogP contribution in [0.25, 0.3) is 6.08 Å². The number of anilines is 1. The van der Waals surface area contributed by atoms with E-state index in [9.17, 15) is 19.7 Å². The molecule has 2 rings (SSSR count). The van der Waals surface area contributed by atoms with Crippen LogP contribution >= 0.6 is 0 Å². The number of hydrogen-bond acceptors (Lipinski definition) is 4. The van der Waals surface area contributed by atoms with Crippen molar-refractivity contribution in [3.05, 3.63) is 75.8 Å². The van der Waals surface area contributed by atoms with Crippen molar-refractivity contribution < 1.29 is 14.5 Å². The van der Waals surface area contributed by atoms with Crippen LogP contribution in [0.3, 0.4) is 0 Å². The van der Waals surface area contributed by atoms with E-state index in [1.165, 1.54) is 36.4 Å². The second-order valence-corrected chi connectivity index (χ2v) is 4.58. The van der Waals surface area contributed by atoms with E-state index in [0.717, 1.165) is 0 Å². The smallest absolute Gasteiger partial charge is 0.270 e. The number of primary amides is 1. The highest BCUT2D eigenvalue weighted by Crippen LogP contribution is 2.16. The van der Waals surface area contributed by atoms with Gasteiger partial charge in [-0.15, -0.1) is 0 Å². The molecule has 0 heterocycles. The Labute approximate surface area is 131 Å². The molecule has 7 nitrogen and oxygen atoms in total. The predicted molar refractivity (Wildman–Crippen MR) is 85.7 cm³/mol. The number of carbonyl (C=O) groups is 2. The molecule has 0 bridgehead atoms. The summed E-state index contributed by atoms with van der Waals surface area (Å²) in [4.78, 5) is 33.3. The van der Waals surface area contributed by atoms with Gasteiger partial charge in [0.25, 0.3) is 11.6 Å². The molecule has 0 saturated heterocycles. The molecule has 7 heteroatoms. The maximum absolute atomic E-state index is 11.9. The minimum absolute atomic E-state index is 0.0633. The number of benzene rings is 2. The highest BCUT2D eigenvalue weighted by molar-refractivity contribution is 6.07. The number of nitro benzene ring substituents is 1. The molecule has 0 aliphatic carbocycles. The van der Waals surface area contributed by atoms with Crippen LogP contribution in [0.15, 0.2) is 54.6 Å². The van der Waals surface area contributed by atoms with Gasteiger partial charge in [0.05, 0.1) is 16.2 Å². The third-order valence-corrected chi connectivity index (χ3v) is 2.96. The summed E-state index contributed by atoms with van der Waals surface area (Å²) in [5.41, 5.74) is 6.17. The molecular weight excluding hydrogens is 298 g/mol. The molecular formula is C16H13N3O4. The van der Waals surface area contributed by atoms with Crippen LogP contribution in [0.2, 0.25) is 0 Å². The van der Waals surface area contributed by atoms with Gasteiger partial charge >= 0.3 is 0 Å². The van der Waals surface area contributed by atoms with E-state index < -0.39 is 16.7 Å². The molecule has 2 amide bonds. The normalized spacial score (nSPS) is 10.4. The molecule has 0 spiro atoms. The van der Waals surface area contributed by atoms with Crippen LogP contribution in [-0.4, -0.2) is 16.7 Å². The van der Waals surface area contributed by atoms with Crippen molar-refractivity contribution in [1.29, 1.82) is 0 Å². The van der Waals surface area contributed by atoms with Gasteiger partial charge in [0.15, 0.2) is 0 Å². The fraction of sp³-hybridized carbons (Fsp3) is 0. The number of rotatable bonds is 5. The second kappa shape index (κ2) is 6.99. The van der Waals surface area contributed by atoms with Crippen LogP contribution < -0.4 is 11.1 Å². The maximum atomic E-state index is 11.9. The van der Waals surface area contributed by atoms with E-state index in [1.54, 1.807) is 24.3 Å². The Bertz CT molecular complexity index is 799. The zero-order valence-electron chi connectivity index (χ0n) is 11.9. The Balaban J connectivity index is 2.12. The maximum Gasteiger partial charge on any atom is 0.270 e. The number of hydrogen-bond donors (Lipinski definition) is 2. The topological polar surface area (TPSA) is 115 Å². The lowest BCUT2D eigenvalue weighted by molar-refractivity contribution is -0.384. The highest BCUT2D eigenvalue weighted by atomic mass is 16.6. The molecule has 0 saturated carbocycles. The average molecular weight is 311 g/mol. The van der Waals surface area contributed by atoms with Crippen molar-refractivity contribution in [2.24, 2.45) is 5.73 Å². The summed E-state index contributed by atoms with van der Waals surface area (Å²) in [7, 11) is 0. The molecule has 0 aliphatic heterocycles. The van der Waals surface area contributed by atoms with Crippen LogP contribution in [0.5, 0.6) is 0 Å². The predicted octanol–water partition coefficient (Wildman–Crippen LogP) is 2.35. The number of nitro groups is 1. The van der Waals surface area contributed by atoms with E-state index in [0.29, 0.717) is 11.3 Å². The Morgan fingerprint density at radius 2 is 1.87 bits per heavy atom. The number of amides is 2. The van der Waals surface area contributed by atoms with Gasteiger partial charge in [-0.2, -0.15) is 0 Å². The van der Waals surface area contributed by atoms with Gasteiger partial charge in [0.2, 0.25) is 5.91 Å². The molecule has 2 aromatic carbocycles. The van der Waals surface area contributed by atoms with Gasteiger partial charge in [-0.05, 0) is 23.8 Å². The van der Waals surface area contributed by atoms with Crippen molar-refractivity contribution >= 4 is 29.3 Å². The summed E-state index contributed by atoms with van der Waals surface area (Å²) in [6.45, 7) is 0. The summed E-state index contributed by atoms with van der Waals surface area (Å²) in [5.74, 6) is -1.13. The molecule has 0 aromatic heterocycles. The fourth-order valence-corrected chi connectivity index (χ4v) is 1.90. The second-order valence-electron chi connectivity index (χ2n) is 4.58. The van der Waals surface area contributed by atoms with Crippen molar-refractivity contribution in [2.75, 3.05) is 5.32 Å². The molecule has 0 atom stereocenters. The summed E-state index contributed by atoms with van der Waals surface area (Å²) in [6, 6.07) is 12.2. The first-order chi connectivity index (χ1) is 11.0. The van der Waals surface area contributed by atoms with Gasteiger partial charge in [0, 0.05) is 18.2 Å². The average Bonchev–Trinajstić information content (AvgIpc) is 2.53. The lowest BCUT2D eigenvalue weighted by Crippen LogP contribution is -2.16. The van der Waals surface area contributed by atoms with Gasteiger partial charge in [0.1, 0.15) is 0 Å². The third-order valence-electron chi connectivity index (χ3n) is 2.96. The van der Waals surface area contributed by atoms with E-state index in [1.807, 2.05) is 0 Å². The summed E-state index contributed by atoms with van der Waals surface area (Å²) >= 11 is 0. The van der Waals surface area contributed by atoms with Crippen LogP contribution in [-0.2, 0) is 4.79 Å². The first kappa shape index (κ1) is 15.9. The minimum Gasteiger partial charge on any atom is -0.366 e. The van der Waals surface area contributed by atoms with E-state index in [4.69, 9.17) is 5.73 Å². The van der Waals surface area contributed by atoms with Crippen molar-refractivity contribution in [2.45, 2.75) is 0 Å². The van der Waals surface area contributed by atoms with Crippen LogP contribution in [0.4, 0.5) is 11.4 Å². The number of nitrogens with two attached hydrogens (primary N) is 1. The van der Waals surface area contributed by atoms with Gasteiger partial charge in [-0.3, -0.25) is 19.7 Å². The van der Waals surface area contributed by atoms with E-state index in [-0.39, 0.29) is 11.3 Å². The summed E-state index contributed by atoms with van der Waals surface area (Å²) in [6.07, 6.45) is 2.66. The first-order valence-corrected chi connectivity index (χ1v) is 6.60. The monoisotopic (exact) mass is 311 g/mol. The summed E-state index contributed by atoms with van der Waals surface area (Å²) < 4.78 is 0. The SMILES string of the molecule is NC(=O)c1ccccc1NC(=O)C=Cc1cccc([N+](=O)[O-])c1. The van der Waals surface area contributed by atoms with Gasteiger partial charge in [-0.1, -0.05) is 24.3 Å². The van der Waals surface area contributed by atoms with E-state index >= 15 is 0 Å². The molecule has 0 aliphatic rings. The summed E-state index contributed by atoms with van der Waals surface area (Å²) in [5, 5.41) is 13.2. The molecule has 116 valence electrons. The molecule has 0 unspecified atom stereocenters. The van der Waals surface area contributed by atoms with Crippen LogP contribution in [0.1, 0.15) is 15.9 Å². The molecule has 0 radical (unpaired) electrons. The lowest BCUT2D eigenvalue weighted by Gasteiger charge is -2.06. The quantitative estimate of drug-likeness (QED) is 0.501. The zero-order chi connectivity index (χ0) is 16.8. The number of para-hydroxylation sites is 1. The largest absolute Gasteiger partial charge is 0.366 e. The number of carbonyl (C=O) groups excluding carboxylic acids is 2. The van der Waals surface area contributed by atoms with Crippen molar-refractivity contribution in [1.82, 2.24) is 0 Å². The fourth-order valence-electron chi connectivity index (χ4n) is 1.90. The molecule has 0 fully saturated rings. The Morgan fingerprint density at radius 1 is 1.13 bits per heavy atom. The van der Waals surface area contributed by atoms with E-state index in [2.05, 4.69) is 5.32 Å².